The lowest BCUT2D eigenvalue weighted by Crippen LogP contribution is -2.51. The fourth-order valence-electron chi connectivity index (χ4n) is 1.79. The first-order valence-electron chi connectivity index (χ1n) is 5.65. The normalized spacial score (nSPS) is 19.1. The summed E-state index contributed by atoms with van der Waals surface area (Å²) in [6.07, 6.45) is 0.990. The number of carbonyl (C=O) groups excluding carboxylic acids is 1. The molecule has 98 valence electrons. The SMILES string of the molecule is CC(C)(NC(=O)C1SCCc2sccc21)C(=O)O. The van der Waals surface area contributed by atoms with Crippen LogP contribution in [-0.4, -0.2) is 28.3 Å². The van der Waals surface area contributed by atoms with Gasteiger partial charge in [-0.3, -0.25) is 4.79 Å². The largest absolute Gasteiger partial charge is 0.480 e. The van der Waals surface area contributed by atoms with E-state index in [9.17, 15) is 9.59 Å². The Morgan fingerprint density at radius 3 is 2.89 bits per heavy atom. The zero-order valence-corrected chi connectivity index (χ0v) is 11.9. The Kier molecular flexibility index (Phi) is 3.68. The maximum Gasteiger partial charge on any atom is 0.328 e. The van der Waals surface area contributed by atoms with Gasteiger partial charge in [-0.25, -0.2) is 4.79 Å². The molecule has 0 spiro atoms. The van der Waals surface area contributed by atoms with Gasteiger partial charge in [-0.2, -0.15) is 0 Å². The molecule has 18 heavy (non-hydrogen) atoms. The van der Waals surface area contributed by atoms with Crippen LogP contribution in [0.1, 0.15) is 29.5 Å². The zero-order chi connectivity index (χ0) is 13.3. The molecule has 1 aliphatic rings. The number of hydrogen-bond donors (Lipinski definition) is 2. The number of thiophene rings is 1. The summed E-state index contributed by atoms with van der Waals surface area (Å²) in [6.45, 7) is 2.99. The lowest BCUT2D eigenvalue weighted by molar-refractivity contribution is -0.145. The van der Waals surface area contributed by atoms with E-state index in [0.717, 1.165) is 17.7 Å². The van der Waals surface area contributed by atoms with Crippen LogP contribution in [0.5, 0.6) is 0 Å². The Morgan fingerprint density at radius 2 is 2.22 bits per heavy atom. The number of hydrogen-bond acceptors (Lipinski definition) is 4. The van der Waals surface area contributed by atoms with E-state index in [1.54, 1.807) is 23.1 Å². The molecule has 0 fully saturated rings. The number of fused-ring (bicyclic) bond motifs is 1. The third-order valence-electron chi connectivity index (χ3n) is 2.88. The Bertz CT molecular complexity index is 481. The molecule has 2 heterocycles. The van der Waals surface area contributed by atoms with Gasteiger partial charge in [-0.15, -0.1) is 23.1 Å². The van der Waals surface area contributed by atoms with E-state index in [1.165, 1.54) is 18.7 Å². The summed E-state index contributed by atoms with van der Waals surface area (Å²) in [5.41, 5.74) is -0.194. The van der Waals surface area contributed by atoms with E-state index in [1.807, 2.05) is 11.4 Å². The van der Waals surface area contributed by atoms with Crippen LogP contribution >= 0.6 is 23.1 Å². The fourth-order valence-corrected chi connectivity index (χ4v) is 4.08. The summed E-state index contributed by atoms with van der Waals surface area (Å²) >= 11 is 3.23. The lowest BCUT2D eigenvalue weighted by Gasteiger charge is -2.26. The van der Waals surface area contributed by atoms with Crippen molar-refractivity contribution in [3.05, 3.63) is 21.9 Å². The van der Waals surface area contributed by atoms with Gasteiger partial charge in [0.15, 0.2) is 0 Å². The summed E-state index contributed by atoms with van der Waals surface area (Å²) in [6, 6.07) is 1.96. The van der Waals surface area contributed by atoms with Gasteiger partial charge in [-0.1, -0.05) is 0 Å². The summed E-state index contributed by atoms with van der Waals surface area (Å²) in [4.78, 5) is 24.4. The quantitative estimate of drug-likeness (QED) is 0.892. The van der Waals surface area contributed by atoms with Crippen LogP contribution in [0.2, 0.25) is 0 Å². The van der Waals surface area contributed by atoms with Gasteiger partial charge < -0.3 is 10.4 Å². The smallest absolute Gasteiger partial charge is 0.328 e. The first kappa shape index (κ1) is 13.4. The summed E-state index contributed by atoms with van der Waals surface area (Å²) in [5.74, 6) is -0.340. The summed E-state index contributed by atoms with van der Waals surface area (Å²) in [7, 11) is 0. The van der Waals surface area contributed by atoms with Crippen LogP contribution in [0.15, 0.2) is 11.4 Å². The van der Waals surface area contributed by atoms with E-state index in [0.29, 0.717) is 0 Å². The van der Waals surface area contributed by atoms with Crippen LogP contribution in [0.25, 0.3) is 0 Å². The summed E-state index contributed by atoms with van der Waals surface area (Å²) in [5, 5.41) is 13.3. The monoisotopic (exact) mass is 285 g/mol. The van der Waals surface area contributed by atoms with Crippen LogP contribution in [0, 0.1) is 0 Å². The molecule has 1 atom stereocenters. The predicted molar refractivity (Wildman–Crippen MR) is 73.1 cm³/mol. The molecule has 1 unspecified atom stereocenters. The van der Waals surface area contributed by atoms with Crippen molar-refractivity contribution in [2.75, 3.05) is 5.75 Å². The molecule has 0 radical (unpaired) electrons. The van der Waals surface area contributed by atoms with Crippen LogP contribution in [0.4, 0.5) is 0 Å². The molecule has 0 saturated heterocycles. The molecule has 1 aromatic rings. The van der Waals surface area contributed by atoms with E-state index in [-0.39, 0.29) is 11.2 Å². The third-order valence-corrected chi connectivity index (χ3v) is 5.12. The van der Waals surface area contributed by atoms with E-state index in [2.05, 4.69) is 5.32 Å². The molecule has 0 saturated carbocycles. The minimum Gasteiger partial charge on any atom is -0.480 e. The standard InChI is InChI=1S/C12H15NO3S2/c1-12(2,11(15)16)13-10(14)9-7-3-5-17-8(7)4-6-18-9/h3,5,9H,4,6H2,1-2H3,(H,13,14)(H,15,16). The number of amides is 1. The second-order valence-electron chi connectivity index (χ2n) is 4.72. The van der Waals surface area contributed by atoms with Crippen molar-refractivity contribution >= 4 is 35.0 Å². The van der Waals surface area contributed by atoms with Gasteiger partial charge in [-0.05, 0) is 43.0 Å². The van der Waals surface area contributed by atoms with E-state index < -0.39 is 11.5 Å². The second-order valence-corrected chi connectivity index (χ2v) is 6.93. The molecule has 1 aliphatic heterocycles. The maximum absolute atomic E-state index is 12.2. The van der Waals surface area contributed by atoms with Crippen molar-refractivity contribution in [3.8, 4) is 0 Å². The van der Waals surface area contributed by atoms with Crippen molar-refractivity contribution in [3.63, 3.8) is 0 Å². The molecule has 0 bridgehead atoms. The van der Waals surface area contributed by atoms with Crippen molar-refractivity contribution in [2.24, 2.45) is 0 Å². The maximum atomic E-state index is 12.2. The Hall–Kier alpha value is -1.01. The lowest BCUT2D eigenvalue weighted by atomic mass is 10.0. The first-order valence-corrected chi connectivity index (χ1v) is 7.58. The predicted octanol–water partition coefficient (Wildman–Crippen LogP) is 2.06. The molecule has 2 rings (SSSR count). The Morgan fingerprint density at radius 1 is 1.50 bits per heavy atom. The highest BCUT2D eigenvalue weighted by Crippen LogP contribution is 2.39. The molecule has 1 aromatic heterocycles. The molecule has 0 aliphatic carbocycles. The average Bonchev–Trinajstić information content (AvgIpc) is 2.75. The molecule has 6 heteroatoms. The number of carboxylic acid groups (broad SMARTS) is 1. The highest BCUT2D eigenvalue weighted by atomic mass is 32.2. The van der Waals surface area contributed by atoms with Crippen molar-refractivity contribution < 1.29 is 14.7 Å². The number of aryl methyl sites for hydroxylation is 1. The molecule has 0 aromatic carbocycles. The van der Waals surface area contributed by atoms with Gasteiger partial charge in [0, 0.05) is 4.88 Å². The van der Waals surface area contributed by atoms with Crippen LogP contribution in [0.3, 0.4) is 0 Å². The van der Waals surface area contributed by atoms with Crippen molar-refractivity contribution in [1.29, 1.82) is 0 Å². The topological polar surface area (TPSA) is 66.4 Å². The van der Waals surface area contributed by atoms with Gasteiger partial charge in [0.2, 0.25) is 5.91 Å². The van der Waals surface area contributed by atoms with Crippen LogP contribution in [-0.2, 0) is 16.0 Å². The molecule has 4 nitrogen and oxygen atoms in total. The average molecular weight is 285 g/mol. The zero-order valence-electron chi connectivity index (χ0n) is 10.2. The Balaban J connectivity index is 2.15. The van der Waals surface area contributed by atoms with Crippen molar-refractivity contribution in [1.82, 2.24) is 5.32 Å². The number of carbonyl (C=O) groups is 2. The van der Waals surface area contributed by atoms with E-state index >= 15 is 0 Å². The van der Waals surface area contributed by atoms with Gasteiger partial charge >= 0.3 is 5.97 Å². The molecule has 1 amide bonds. The first-order chi connectivity index (χ1) is 8.42. The Labute approximate surface area is 114 Å². The third kappa shape index (κ3) is 2.54. The number of rotatable bonds is 3. The number of thioether (sulfide) groups is 1. The highest BCUT2D eigenvalue weighted by molar-refractivity contribution is 8.00. The number of aliphatic carboxylic acids is 1. The number of carboxylic acids is 1. The van der Waals surface area contributed by atoms with Gasteiger partial charge in [0.05, 0.1) is 0 Å². The summed E-state index contributed by atoms with van der Waals surface area (Å²) < 4.78 is 0. The highest BCUT2D eigenvalue weighted by Gasteiger charge is 2.34. The molecular weight excluding hydrogens is 270 g/mol. The van der Waals surface area contributed by atoms with Gasteiger partial charge in [0.1, 0.15) is 10.8 Å². The van der Waals surface area contributed by atoms with Crippen LogP contribution < -0.4 is 5.32 Å². The second kappa shape index (κ2) is 4.93. The van der Waals surface area contributed by atoms with Gasteiger partial charge in [0.25, 0.3) is 0 Å². The minimum atomic E-state index is -1.23. The molecular formula is C12H15NO3S2. The number of nitrogens with one attached hydrogen (secondary N) is 1. The fraction of sp³-hybridized carbons (Fsp3) is 0.500. The van der Waals surface area contributed by atoms with Crippen molar-refractivity contribution in [2.45, 2.75) is 31.1 Å². The van der Waals surface area contributed by atoms with E-state index in [4.69, 9.17) is 5.11 Å². The minimum absolute atomic E-state index is 0.216. The molecule has 2 N–H and O–H groups in total.